The van der Waals surface area contributed by atoms with Crippen molar-refractivity contribution >= 4 is 12.0 Å². The van der Waals surface area contributed by atoms with Crippen molar-refractivity contribution in [2.24, 2.45) is 0 Å². The molecule has 0 aliphatic carbocycles. The molecule has 202 valence electrons. The van der Waals surface area contributed by atoms with Gasteiger partial charge in [-0.15, -0.1) is 0 Å². The lowest BCUT2D eigenvalue weighted by molar-refractivity contribution is -0.156. The third kappa shape index (κ3) is 9.82. The second kappa shape index (κ2) is 14.1. The van der Waals surface area contributed by atoms with Crippen molar-refractivity contribution in [3.63, 3.8) is 0 Å². The normalized spacial score (nSPS) is 14.9. The standard InChI is InChI=1S/C30H44N4O3/c1-30(2,3)37-28(35)23-33-19-15-26(16-20-33)32-18-22-34(29(36)31-4)21-17-27(24-11-7-5-8-12-24)25-13-9-6-10-14-25/h5-14,26-27,32H,15-23H2,1-4H3,(H,31,36). The molecule has 7 heteroatoms. The fourth-order valence-electron chi connectivity index (χ4n) is 4.91. The Morgan fingerprint density at radius 3 is 2.05 bits per heavy atom. The number of urea groups is 1. The summed E-state index contributed by atoms with van der Waals surface area (Å²) in [5, 5.41) is 6.44. The van der Waals surface area contributed by atoms with Gasteiger partial charge in [0.1, 0.15) is 5.60 Å². The number of nitrogens with one attached hydrogen (secondary N) is 2. The first-order chi connectivity index (χ1) is 17.7. The largest absolute Gasteiger partial charge is 0.459 e. The summed E-state index contributed by atoms with van der Waals surface area (Å²) in [4.78, 5) is 28.8. The summed E-state index contributed by atoms with van der Waals surface area (Å²) in [7, 11) is 1.69. The van der Waals surface area contributed by atoms with E-state index < -0.39 is 5.60 Å². The Bertz CT molecular complexity index is 914. The molecule has 0 atom stereocenters. The molecule has 1 aliphatic heterocycles. The number of nitrogens with zero attached hydrogens (tertiary/aromatic N) is 2. The Morgan fingerprint density at radius 1 is 0.973 bits per heavy atom. The van der Waals surface area contributed by atoms with Crippen LogP contribution in [0.15, 0.2) is 60.7 Å². The number of rotatable bonds is 11. The molecule has 2 N–H and O–H groups in total. The number of hydrogen-bond donors (Lipinski definition) is 2. The van der Waals surface area contributed by atoms with Gasteiger partial charge in [0, 0.05) is 51.7 Å². The van der Waals surface area contributed by atoms with Crippen molar-refractivity contribution in [2.75, 3.05) is 46.3 Å². The minimum absolute atomic E-state index is 0.0474. The molecule has 37 heavy (non-hydrogen) atoms. The number of likely N-dealkylation sites (tertiary alicyclic amines) is 1. The summed E-state index contributed by atoms with van der Waals surface area (Å²) >= 11 is 0. The van der Waals surface area contributed by atoms with Crippen molar-refractivity contribution in [3.8, 4) is 0 Å². The van der Waals surface area contributed by atoms with E-state index in [2.05, 4.69) is 64.1 Å². The van der Waals surface area contributed by atoms with Gasteiger partial charge < -0.3 is 20.3 Å². The van der Waals surface area contributed by atoms with Gasteiger partial charge in [0.2, 0.25) is 0 Å². The van der Waals surface area contributed by atoms with Gasteiger partial charge in [-0.3, -0.25) is 9.69 Å². The van der Waals surface area contributed by atoms with E-state index in [1.54, 1.807) is 7.05 Å². The molecule has 0 aromatic heterocycles. The summed E-state index contributed by atoms with van der Waals surface area (Å²) in [6.07, 6.45) is 2.81. The predicted octanol–water partition coefficient (Wildman–Crippen LogP) is 4.25. The zero-order chi connectivity index (χ0) is 26.7. The van der Waals surface area contributed by atoms with E-state index in [1.807, 2.05) is 37.8 Å². The fourth-order valence-corrected chi connectivity index (χ4v) is 4.91. The van der Waals surface area contributed by atoms with Crippen LogP contribution in [0, 0.1) is 0 Å². The second-order valence-electron chi connectivity index (χ2n) is 10.8. The minimum Gasteiger partial charge on any atom is -0.459 e. The number of benzene rings is 2. The Hall–Kier alpha value is -2.90. The molecule has 2 amide bonds. The molecular weight excluding hydrogens is 464 g/mol. The van der Waals surface area contributed by atoms with Gasteiger partial charge in [-0.05, 0) is 51.2 Å². The topological polar surface area (TPSA) is 73.9 Å². The van der Waals surface area contributed by atoms with Gasteiger partial charge in [-0.25, -0.2) is 4.79 Å². The Labute approximate surface area is 222 Å². The second-order valence-corrected chi connectivity index (χ2v) is 10.8. The van der Waals surface area contributed by atoms with E-state index in [-0.39, 0.29) is 17.9 Å². The summed E-state index contributed by atoms with van der Waals surface area (Å²) in [5.74, 6) is 0.0706. The van der Waals surface area contributed by atoms with Gasteiger partial charge in [0.15, 0.2) is 0 Å². The van der Waals surface area contributed by atoms with Crippen LogP contribution in [-0.2, 0) is 9.53 Å². The summed E-state index contributed by atoms with van der Waals surface area (Å²) < 4.78 is 5.45. The molecule has 7 nitrogen and oxygen atoms in total. The molecule has 2 aromatic rings. The molecule has 3 rings (SSSR count). The van der Waals surface area contributed by atoms with Crippen LogP contribution in [0.4, 0.5) is 4.79 Å². The molecule has 0 saturated carbocycles. The van der Waals surface area contributed by atoms with Crippen LogP contribution in [-0.4, -0.2) is 79.8 Å². The van der Waals surface area contributed by atoms with Gasteiger partial charge in [-0.2, -0.15) is 0 Å². The number of carbonyl (C=O) groups is 2. The lowest BCUT2D eigenvalue weighted by atomic mass is 9.88. The summed E-state index contributed by atoms with van der Waals surface area (Å²) in [6.45, 7) is 9.83. The van der Waals surface area contributed by atoms with Crippen LogP contribution < -0.4 is 10.6 Å². The van der Waals surface area contributed by atoms with Crippen molar-refractivity contribution in [1.82, 2.24) is 20.4 Å². The SMILES string of the molecule is CNC(=O)N(CCNC1CCN(CC(=O)OC(C)(C)C)CC1)CCC(c1ccccc1)c1ccccc1. The number of hydrogen-bond acceptors (Lipinski definition) is 5. The number of amides is 2. The lowest BCUT2D eigenvalue weighted by Gasteiger charge is -2.33. The first kappa shape index (κ1) is 28.7. The highest BCUT2D eigenvalue weighted by Gasteiger charge is 2.24. The van der Waals surface area contributed by atoms with Gasteiger partial charge in [0.25, 0.3) is 0 Å². The van der Waals surface area contributed by atoms with E-state index in [1.165, 1.54) is 11.1 Å². The third-order valence-corrected chi connectivity index (χ3v) is 6.77. The van der Waals surface area contributed by atoms with Gasteiger partial charge in [-0.1, -0.05) is 60.7 Å². The van der Waals surface area contributed by atoms with E-state index in [0.29, 0.717) is 25.7 Å². The van der Waals surface area contributed by atoms with Crippen LogP contribution >= 0.6 is 0 Å². The van der Waals surface area contributed by atoms with Crippen molar-refractivity contribution in [3.05, 3.63) is 71.8 Å². The first-order valence-electron chi connectivity index (χ1n) is 13.5. The quantitative estimate of drug-likeness (QED) is 0.444. The van der Waals surface area contributed by atoms with Crippen molar-refractivity contribution < 1.29 is 14.3 Å². The van der Waals surface area contributed by atoms with Crippen LogP contribution in [0.3, 0.4) is 0 Å². The number of ether oxygens (including phenoxy) is 1. The van der Waals surface area contributed by atoms with Gasteiger partial charge >= 0.3 is 12.0 Å². The van der Waals surface area contributed by atoms with Crippen LogP contribution in [0.1, 0.15) is 57.1 Å². The first-order valence-corrected chi connectivity index (χ1v) is 13.5. The molecule has 2 aromatic carbocycles. The molecular formula is C30H44N4O3. The van der Waals surface area contributed by atoms with Crippen LogP contribution in [0.5, 0.6) is 0 Å². The molecule has 1 heterocycles. The summed E-state index contributed by atoms with van der Waals surface area (Å²) in [6, 6.07) is 21.4. The minimum atomic E-state index is -0.449. The maximum atomic E-state index is 12.7. The third-order valence-electron chi connectivity index (χ3n) is 6.77. The highest BCUT2D eigenvalue weighted by molar-refractivity contribution is 5.73. The van der Waals surface area contributed by atoms with Crippen molar-refractivity contribution in [2.45, 2.75) is 57.6 Å². The molecule has 0 bridgehead atoms. The highest BCUT2D eigenvalue weighted by atomic mass is 16.6. The lowest BCUT2D eigenvalue weighted by Crippen LogP contribution is -2.48. The Kier molecular flexibility index (Phi) is 11.0. The number of piperidine rings is 1. The van der Waals surface area contributed by atoms with E-state index >= 15 is 0 Å². The monoisotopic (exact) mass is 508 g/mol. The maximum Gasteiger partial charge on any atom is 0.320 e. The van der Waals surface area contributed by atoms with Crippen molar-refractivity contribution in [1.29, 1.82) is 0 Å². The smallest absolute Gasteiger partial charge is 0.320 e. The number of esters is 1. The molecule has 0 spiro atoms. The maximum absolute atomic E-state index is 12.7. The molecule has 1 fully saturated rings. The zero-order valence-corrected chi connectivity index (χ0v) is 22.9. The van der Waals surface area contributed by atoms with E-state index in [9.17, 15) is 9.59 Å². The molecule has 0 unspecified atom stereocenters. The van der Waals surface area contributed by atoms with Crippen LogP contribution in [0.2, 0.25) is 0 Å². The predicted molar refractivity (Wildman–Crippen MR) is 149 cm³/mol. The number of carbonyl (C=O) groups excluding carboxylic acids is 2. The molecule has 0 radical (unpaired) electrons. The highest BCUT2D eigenvalue weighted by Crippen LogP contribution is 2.28. The van der Waals surface area contributed by atoms with Crippen LogP contribution in [0.25, 0.3) is 0 Å². The van der Waals surface area contributed by atoms with Gasteiger partial charge in [0.05, 0.1) is 6.54 Å². The molecule has 1 aliphatic rings. The molecule has 1 saturated heterocycles. The Morgan fingerprint density at radius 2 is 1.54 bits per heavy atom. The fraction of sp³-hybridized carbons (Fsp3) is 0.533. The average molecular weight is 509 g/mol. The van der Waals surface area contributed by atoms with E-state index in [0.717, 1.165) is 38.9 Å². The average Bonchev–Trinajstić information content (AvgIpc) is 2.88. The zero-order valence-electron chi connectivity index (χ0n) is 22.9. The van der Waals surface area contributed by atoms with E-state index in [4.69, 9.17) is 4.74 Å². The Balaban J connectivity index is 1.47. The summed E-state index contributed by atoms with van der Waals surface area (Å²) in [5.41, 5.74) is 2.08.